The molecule has 0 radical (unpaired) electrons. The van der Waals surface area contributed by atoms with Crippen LogP contribution in [0.2, 0.25) is 0 Å². The number of carbonyl (C=O) groups is 1. The number of fused-ring (bicyclic) bond motifs is 1. The summed E-state index contributed by atoms with van der Waals surface area (Å²) in [5.41, 5.74) is -1.73. The van der Waals surface area contributed by atoms with Crippen molar-refractivity contribution in [3.05, 3.63) is 70.4 Å². The highest BCUT2D eigenvalue weighted by Crippen LogP contribution is 2.43. The van der Waals surface area contributed by atoms with E-state index < -0.39 is 29.0 Å². The highest BCUT2D eigenvalue weighted by atomic mass is 19.4. The largest absolute Gasteiger partial charge is 0.419 e. The summed E-state index contributed by atoms with van der Waals surface area (Å²) in [6.07, 6.45) is -4.54. The van der Waals surface area contributed by atoms with Gasteiger partial charge in [0, 0.05) is 31.1 Å². The van der Waals surface area contributed by atoms with Gasteiger partial charge in [0.2, 0.25) is 5.91 Å². The molecular weight excluding hydrogens is 414 g/mol. The summed E-state index contributed by atoms with van der Waals surface area (Å²) >= 11 is 0. The minimum atomic E-state index is -4.88. The first-order valence-electron chi connectivity index (χ1n) is 9.58. The fourth-order valence-electron chi connectivity index (χ4n) is 4.18. The zero-order chi connectivity index (χ0) is 22.6. The van der Waals surface area contributed by atoms with Crippen LogP contribution in [0.15, 0.2) is 36.4 Å². The Balaban J connectivity index is 1.96. The van der Waals surface area contributed by atoms with E-state index in [0.717, 1.165) is 11.8 Å². The van der Waals surface area contributed by atoms with Crippen LogP contribution in [0.5, 0.6) is 0 Å². The van der Waals surface area contributed by atoms with Crippen molar-refractivity contribution in [1.82, 2.24) is 24.9 Å². The van der Waals surface area contributed by atoms with Crippen LogP contribution in [-0.2, 0) is 22.9 Å². The van der Waals surface area contributed by atoms with Gasteiger partial charge in [-0.15, -0.1) is 5.10 Å². The van der Waals surface area contributed by atoms with Gasteiger partial charge in [0.25, 0.3) is 0 Å². The van der Waals surface area contributed by atoms with Crippen molar-refractivity contribution in [2.24, 2.45) is 0 Å². The van der Waals surface area contributed by atoms with Gasteiger partial charge in [-0.05, 0) is 32.0 Å². The lowest BCUT2D eigenvalue weighted by Crippen LogP contribution is -2.52. The van der Waals surface area contributed by atoms with E-state index in [0.29, 0.717) is 24.0 Å². The van der Waals surface area contributed by atoms with E-state index in [2.05, 4.69) is 15.3 Å². The van der Waals surface area contributed by atoms with Crippen molar-refractivity contribution >= 4 is 5.91 Å². The summed E-state index contributed by atoms with van der Waals surface area (Å²) < 4.78 is 56.8. The van der Waals surface area contributed by atoms with Gasteiger partial charge in [0.05, 0.1) is 11.3 Å². The van der Waals surface area contributed by atoms with Crippen LogP contribution >= 0.6 is 0 Å². The molecule has 0 fully saturated rings. The molecule has 0 saturated heterocycles. The summed E-state index contributed by atoms with van der Waals surface area (Å²) in [6, 6.07) is 8.39. The molecule has 31 heavy (non-hydrogen) atoms. The first-order chi connectivity index (χ1) is 14.5. The minimum absolute atomic E-state index is 0.160. The Hall–Kier alpha value is -3.30. The number of rotatable bonds is 2. The van der Waals surface area contributed by atoms with Gasteiger partial charge in [-0.25, -0.2) is 9.37 Å². The topological polar surface area (TPSA) is 63.9 Å². The third kappa shape index (κ3) is 3.26. The van der Waals surface area contributed by atoms with Gasteiger partial charge in [0.1, 0.15) is 17.1 Å². The first-order valence-corrected chi connectivity index (χ1v) is 9.58. The second kappa shape index (κ2) is 7.14. The van der Waals surface area contributed by atoms with E-state index in [9.17, 15) is 18.0 Å². The molecule has 2 aromatic heterocycles. The van der Waals surface area contributed by atoms with E-state index >= 15 is 4.39 Å². The zero-order valence-electron chi connectivity index (χ0n) is 17.0. The molecule has 162 valence electrons. The van der Waals surface area contributed by atoms with E-state index in [1.165, 1.54) is 29.5 Å². The summed E-state index contributed by atoms with van der Waals surface area (Å²) in [5.74, 6) is -1.36. The Morgan fingerprint density at radius 3 is 2.52 bits per heavy atom. The maximum Gasteiger partial charge on any atom is 0.419 e. The second-order valence-electron chi connectivity index (χ2n) is 7.59. The number of pyridine rings is 1. The fourth-order valence-corrected chi connectivity index (χ4v) is 4.18. The van der Waals surface area contributed by atoms with Crippen molar-refractivity contribution in [2.45, 2.75) is 38.9 Å². The number of hydrogen-bond donors (Lipinski definition) is 0. The van der Waals surface area contributed by atoms with Gasteiger partial charge < -0.3 is 4.90 Å². The Morgan fingerprint density at radius 1 is 1.16 bits per heavy atom. The number of nitrogens with zero attached hydrogens (tertiary/aromatic N) is 5. The third-order valence-electron chi connectivity index (χ3n) is 5.64. The molecule has 4 rings (SSSR count). The molecule has 1 amide bonds. The van der Waals surface area contributed by atoms with Crippen LogP contribution in [0.4, 0.5) is 17.6 Å². The van der Waals surface area contributed by atoms with Gasteiger partial charge >= 0.3 is 6.18 Å². The summed E-state index contributed by atoms with van der Waals surface area (Å²) in [5, 5.41) is 8.34. The molecule has 0 saturated carbocycles. The van der Waals surface area contributed by atoms with Crippen molar-refractivity contribution in [3.8, 4) is 5.82 Å². The molecule has 3 heterocycles. The lowest BCUT2D eigenvalue weighted by atomic mass is 9.81. The maximum atomic E-state index is 15.2. The highest BCUT2D eigenvalue weighted by molar-refractivity contribution is 5.76. The molecule has 1 atom stereocenters. The lowest BCUT2D eigenvalue weighted by Gasteiger charge is -2.43. The Bertz CT molecular complexity index is 1170. The van der Waals surface area contributed by atoms with E-state index in [1.807, 2.05) is 13.0 Å². The molecule has 10 heteroatoms. The predicted octanol–water partition coefficient (Wildman–Crippen LogP) is 3.80. The van der Waals surface area contributed by atoms with Crippen molar-refractivity contribution < 1.29 is 22.4 Å². The molecule has 3 aromatic rings. The molecule has 0 N–H and O–H groups in total. The van der Waals surface area contributed by atoms with Crippen LogP contribution in [0.3, 0.4) is 0 Å². The van der Waals surface area contributed by atoms with Gasteiger partial charge in [-0.3, -0.25) is 4.79 Å². The molecular formula is C21H19F4N5O. The molecule has 1 unspecified atom stereocenters. The molecule has 1 aliphatic heterocycles. The number of benzene rings is 1. The van der Waals surface area contributed by atoms with Gasteiger partial charge in [-0.1, -0.05) is 23.4 Å². The average molecular weight is 433 g/mol. The SMILES string of the molecule is CC(=O)N1CCc2c(nnn2-c2cccc(C)n2)C1(C)c1cccc(C(F)(F)F)c1F. The normalized spacial score (nSPS) is 18.7. The van der Waals surface area contributed by atoms with Crippen molar-refractivity contribution in [2.75, 3.05) is 6.54 Å². The molecule has 0 spiro atoms. The standard InChI is InChI=1S/C21H19F4N5O/c1-12-6-4-9-17(26-12)30-16-10-11-29(13(2)31)20(3,19(16)27-28-30)14-7-5-8-15(18(14)22)21(23,24)25/h4-9H,10-11H2,1-3H3. The predicted molar refractivity (Wildman–Crippen MR) is 103 cm³/mol. The average Bonchev–Trinajstić information content (AvgIpc) is 3.12. The van der Waals surface area contributed by atoms with Crippen molar-refractivity contribution in [1.29, 1.82) is 0 Å². The number of carbonyl (C=O) groups excluding carboxylic acids is 1. The number of aryl methyl sites for hydroxylation is 1. The van der Waals surface area contributed by atoms with E-state index in [-0.39, 0.29) is 17.8 Å². The highest BCUT2D eigenvalue weighted by Gasteiger charge is 2.48. The van der Waals surface area contributed by atoms with E-state index in [1.54, 1.807) is 12.1 Å². The van der Waals surface area contributed by atoms with E-state index in [4.69, 9.17) is 0 Å². The number of hydrogen-bond acceptors (Lipinski definition) is 4. The third-order valence-corrected chi connectivity index (χ3v) is 5.64. The number of alkyl halides is 3. The van der Waals surface area contributed by atoms with Crippen LogP contribution in [0, 0.1) is 12.7 Å². The van der Waals surface area contributed by atoms with Crippen molar-refractivity contribution in [3.63, 3.8) is 0 Å². The molecule has 0 aliphatic carbocycles. The molecule has 1 aliphatic rings. The summed E-state index contributed by atoms with van der Waals surface area (Å²) in [6.45, 7) is 4.76. The summed E-state index contributed by atoms with van der Waals surface area (Å²) in [7, 11) is 0. The monoisotopic (exact) mass is 433 g/mol. The smallest absolute Gasteiger partial charge is 0.327 e. The zero-order valence-corrected chi connectivity index (χ0v) is 17.0. The first kappa shape index (κ1) is 21.0. The van der Waals surface area contributed by atoms with Crippen LogP contribution in [0.1, 0.15) is 42.1 Å². The number of halogens is 4. The van der Waals surface area contributed by atoms with Gasteiger partial charge in [-0.2, -0.15) is 17.9 Å². The number of amides is 1. The lowest BCUT2D eigenvalue weighted by molar-refractivity contribution is -0.140. The maximum absolute atomic E-state index is 15.2. The second-order valence-corrected chi connectivity index (χ2v) is 7.59. The van der Waals surface area contributed by atoms with Crippen LogP contribution in [-0.4, -0.2) is 37.3 Å². The minimum Gasteiger partial charge on any atom is -0.327 e. The Kier molecular flexibility index (Phi) is 4.83. The summed E-state index contributed by atoms with van der Waals surface area (Å²) in [4.78, 5) is 18.2. The molecule has 1 aromatic carbocycles. The number of aromatic nitrogens is 4. The quantitative estimate of drug-likeness (QED) is 0.577. The fraction of sp³-hybridized carbons (Fsp3) is 0.333. The molecule has 0 bridgehead atoms. The Labute approximate surface area is 175 Å². The van der Waals surface area contributed by atoms with Crippen LogP contribution in [0.25, 0.3) is 5.82 Å². The molecule has 6 nitrogen and oxygen atoms in total. The van der Waals surface area contributed by atoms with Crippen LogP contribution < -0.4 is 0 Å². The Morgan fingerprint density at radius 2 is 1.87 bits per heavy atom. The van der Waals surface area contributed by atoms with Gasteiger partial charge in [0.15, 0.2) is 5.82 Å².